The van der Waals surface area contributed by atoms with Crippen LogP contribution in [0.3, 0.4) is 0 Å². The van der Waals surface area contributed by atoms with Crippen LogP contribution in [0.1, 0.15) is 27.6 Å². The maximum absolute atomic E-state index is 13.0. The zero-order chi connectivity index (χ0) is 20.2. The van der Waals surface area contributed by atoms with E-state index in [2.05, 4.69) is 0 Å². The van der Waals surface area contributed by atoms with Crippen molar-refractivity contribution in [1.82, 2.24) is 0 Å². The number of ether oxygens (including phenoxy) is 2. The Bertz CT molecular complexity index is 1140. The van der Waals surface area contributed by atoms with E-state index in [1.54, 1.807) is 24.3 Å². The van der Waals surface area contributed by atoms with E-state index >= 15 is 0 Å². The lowest BCUT2D eigenvalue weighted by Crippen LogP contribution is -2.15. The monoisotopic (exact) mass is 384 g/mol. The molecule has 0 N–H and O–H groups in total. The van der Waals surface area contributed by atoms with Crippen molar-refractivity contribution in [3.05, 3.63) is 90.0 Å². The molecule has 4 rings (SSSR count). The van der Waals surface area contributed by atoms with Crippen LogP contribution in [0.15, 0.2) is 78.9 Å². The lowest BCUT2D eigenvalue weighted by Gasteiger charge is -2.11. The van der Waals surface area contributed by atoms with E-state index in [0.717, 1.165) is 21.5 Å². The van der Waals surface area contributed by atoms with Crippen LogP contribution in [0.2, 0.25) is 0 Å². The highest BCUT2D eigenvalue weighted by molar-refractivity contribution is 6.17. The Balaban J connectivity index is 1.59. The van der Waals surface area contributed by atoms with Gasteiger partial charge in [-0.15, -0.1) is 0 Å². The second kappa shape index (κ2) is 8.15. The van der Waals surface area contributed by atoms with Crippen LogP contribution in [-0.2, 0) is 4.74 Å². The maximum atomic E-state index is 13.0. The number of ketones is 1. The Labute approximate surface area is 168 Å². The highest BCUT2D eigenvalue weighted by Gasteiger charge is 2.18. The molecule has 0 aliphatic heterocycles. The van der Waals surface area contributed by atoms with E-state index in [9.17, 15) is 9.59 Å². The largest absolute Gasteiger partial charge is 0.494 e. The van der Waals surface area contributed by atoms with Crippen molar-refractivity contribution in [3.63, 3.8) is 0 Å². The van der Waals surface area contributed by atoms with Gasteiger partial charge in [-0.2, -0.15) is 0 Å². The summed E-state index contributed by atoms with van der Waals surface area (Å²) in [5, 5.41) is 3.53. The molecular formula is C25H20O4. The van der Waals surface area contributed by atoms with Gasteiger partial charge >= 0.3 is 5.97 Å². The second-order valence-electron chi connectivity index (χ2n) is 6.65. The molecule has 0 heterocycles. The Morgan fingerprint density at radius 1 is 0.793 bits per heavy atom. The predicted octanol–water partition coefficient (Wildman–Crippen LogP) is 5.43. The third kappa shape index (κ3) is 3.83. The lowest BCUT2D eigenvalue weighted by atomic mass is 9.97. The van der Waals surface area contributed by atoms with Crippen LogP contribution >= 0.6 is 0 Å². The molecule has 4 aromatic rings. The summed E-state index contributed by atoms with van der Waals surface area (Å²) in [6, 6.07) is 24.2. The minimum atomic E-state index is -0.503. The summed E-state index contributed by atoms with van der Waals surface area (Å²) in [7, 11) is 0. The third-order valence-electron chi connectivity index (χ3n) is 4.80. The number of hydrogen-bond donors (Lipinski definition) is 0. The number of fused-ring (bicyclic) bond motifs is 2. The Morgan fingerprint density at radius 3 is 1.97 bits per heavy atom. The van der Waals surface area contributed by atoms with Gasteiger partial charge in [-0.3, -0.25) is 4.79 Å². The molecule has 4 aromatic carbocycles. The van der Waals surface area contributed by atoms with Crippen LogP contribution in [0.25, 0.3) is 21.5 Å². The molecule has 0 atom stereocenters. The zero-order valence-electron chi connectivity index (χ0n) is 16.1. The molecule has 0 spiro atoms. The topological polar surface area (TPSA) is 52.6 Å². The Kier molecular flexibility index (Phi) is 5.25. The molecule has 0 fully saturated rings. The standard InChI is InChI=1S/C25H20O4/c1-2-28-20-13-11-17(12-14-20)23(26)16-29-25(27)24-21-9-5-3-7-18(21)15-19-8-4-6-10-22(19)24/h3-15H,2,16H2,1H3. The van der Waals surface area contributed by atoms with E-state index in [-0.39, 0.29) is 12.4 Å². The molecule has 0 amide bonds. The molecule has 0 saturated heterocycles. The number of carbonyl (C=O) groups excluding carboxylic acids is 2. The van der Waals surface area contributed by atoms with Crippen LogP contribution in [0.4, 0.5) is 0 Å². The summed E-state index contributed by atoms with van der Waals surface area (Å²) in [5.74, 6) is -0.0634. The van der Waals surface area contributed by atoms with Crippen molar-refractivity contribution in [2.24, 2.45) is 0 Å². The molecule has 0 aliphatic rings. The van der Waals surface area contributed by atoms with Crippen LogP contribution in [-0.4, -0.2) is 25.0 Å². The quantitative estimate of drug-likeness (QED) is 0.253. The van der Waals surface area contributed by atoms with Gasteiger partial charge in [-0.25, -0.2) is 4.79 Å². The molecular weight excluding hydrogens is 364 g/mol. The number of Topliss-reactive ketones (excluding diaryl/α,β-unsaturated/α-hetero) is 1. The summed E-state index contributed by atoms with van der Waals surface area (Å²) in [5.41, 5.74) is 0.960. The van der Waals surface area contributed by atoms with Gasteiger partial charge in [0.25, 0.3) is 0 Å². The first kappa shape index (κ1) is 18.7. The fraction of sp³-hybridized carbons (Fsp3) is 0.120. The SMILES string of the molecule is CCOc1ccc(C(=O)COC(=O)c2c3ccccc3cc3ccccc23)cc1. The lowest BCUT2D eigenvalue weighted by molar-refractivity contribution is 0.0478. The first-order valence-electron chi connectivity index (χ1n) is 9.51. The molecule has 0 aliphatic carbocycles. The third-order valence-corrected chi connectivity index (χ3v) is 4.80. The van der Waals surface area contributed by atoms with E-state index in [0.29, 0.717) is 23.5 Å². The van der Waals surface area contributed by atoms with Gasteiger partial charge < -0.3 is 9.47 Å². The fourth-order valence-corrected chi connectivity index (χ4v) is 3.42. The summed E-state index contributed by atoms with van der Waals surface area (Å²) in [4.78, 5) is 25.4. The first-order valence-corrected chi connectivity index (χ1v) is 9.51. The van der Waals surface area contributed by atoms with Gasteiger partial charge in [0, 0.05) is 5.56 Å². The van der Waals surface area contributed by atoms with E-state index < -0.39 is 5.97 Å². The summed E-state index contributed by atoms with van der Waals surface area (Å²) in [6.07, 6.45) is 0. The van der Waals surface area contributed by atoms with Gasteiger partial charge in [0.2, 0.25) is 0 Å². The summed E-state index contributed by atoms with van der Waals surface area (Å²) >= 11 is 0. The zero-order valence-corrected chi connectivity index (χ0v) is 16.1. The molecule has 0 saturated carbocycles. The number of hydrogen-bond acceptors (Lipinski definition) is 4. The first-order chi connectivity index (χ1) is 14.2. The van der Waals surface area contributed by atoms with Crippen molar-refractivity contribution >= 4 is 33.3 Å². The fourth-order valence-electron chi connectivity index (χ4n) is 3.42. The Hall–Kier alpha value is -3.66. The van der Waals surface area contributed by atoms with Gasteiger partial charge in [0.05, 0.1) is 12.2 Å². The van der Waals surface area contributed by atoms with Crippen molar-refractivity contribution in [2.75, 3.05) is 13.2 Å². The predicted molar refractivity (Wildman–Crippen MR) is 114 cm³/mol. The van der Waals surface area contributed by atoms with Gasteiger partial charge in [-0.1, -0.05) is 48.5 Å². The van der Waals surface area contributed by atoms with Gasteiger partial charge in [-0.05, 0) is 58.8 Å². The highest BCUT2D eigenvalue weighted by atomic mass is 16.5. The number of rotatable bonds is 6. The van der Waals surface area contributed by atoms with Gasteiger partial charge in [0.15, 0.2) is 12.4 Å². The van der Waals surface area contributed by atoms with Crippen LogP contribution in [0, 0.1) is 0 Å². The molecule has 29 heavy (non-hydrogen) atoms. The van der Waals surface area contributed by atoms with Crippen LogP contribution in [0.5, 0.6) is 5.75 Å². The van der Waals surface area contributed by atoms with E-state index in [1.165, 1.54) is 0 Å². The van der Waals surface area contributed by atoms with Crippen LogP contribution < -0.4 is 4.74 Å². The summed E-state index contributed by atoms with van der Waals surface area (Å²) in [6.45, 7) is 2.14. The van der Waals surface area contributed by atoms with Crippen molar-refractivity contribution in [3.8, 4) is 5.75 Å². The molecule has 144 valence electrons. The molecule has 0 bridgehead atoms. The van der Waals surface area contributed by atoms with Crippen molar-refractivity contribution in [1.29, 1.82) is 0 Å². The average molecular weight is 384 g/mol. The van der Waals surface area contributed by atoms with Gasteiger partial charge in [0.1, 0.15) is 5.75 Å². The summed E-state index contributed by atoms with van der Waals surface area (Å²) < 4.78 is 10.8. The van der Waals surface area contributed by atoms with Crippen molar-refractivity contribution in [2.45, 2.75) is 6.92 Å². The maximum Gasteiger partial charge on any atom is 0.339 e. The highest BCUT2D eigenvalue weighted by Crippen LogP contribution is 2.29. The number of benzene rings is 4. The average Bonchev–Trinajstić information content (AvgIpc) is 2.76. The molecule has 4 nitrogen and oxygen atoms in total. The normalized spacial score (nSPS) is 10.8. The molecule has 0 radical (unpaired) electrons. The second-order valence-corrected chi connectivity index (χ2v) is 6.65. The van der Waals surface area contributed by atoms with E-state index in [1.807, 2.05) is 61.5 Å². The van der Waals surface area contributed by atoms with E-state index in [4.69, 9.17) is 9.47 Å². The number of esters is 1. The molecule has 4 heteroatoms. The van der Waals surface area contributed by atoms with Crippen molar-refractivity contribution < 1.29 is 19.1 Å². The smallest absolute Gasteiger partial charge is 0.339 e. The Morgan fingerprint density at radius 2 is 1.38 bits per heavy atom. The minimum absolute atomic E-state index is 0.258. The molecule has 0 unspecified atom stereocenters. The minimum Gasteiger partial charge on any atom is -0.494 e. The number of carbonyl (C=O) groups is 2. The molecule has 0 aromatic heterocycles.